The molecule has 0 saturated heterocycles. The largest absolute Gasteiger partial charge is 0.497 e. The molecule has 0 radical (unpaired) electrons. The monoisotopic (exact) mass is 486 g/mol. The molecule has 0 saturated carbocycles. The number of anilines is 1. The highest BCUT2D eigenvalue weighted by Gasteiger charge is 2.32. The Hall–Kier alpha value is -4.17. The second-order valence-corrected chi connectivity index (χ2v) is 9.88. The van der Waals surface area contributed by atoms with Gasteiger partial charge in [-0.1, -0.05) is 36.4 Å². The van der Waals surface area contributed by atoms with Crippen LogP contribution in [0.5, 0.6) is 5.75 Å². The smallest absolute Gasteiger partial charge is 0.261 e. The zero-order chi connectivity index (χ0) is 24.6. The van der Waals surface area contributed by atoms with Crippen molar-refractivity contribution in [3.8, 4) is 5.75 Å². The number of nitrogens with one attached hydrogen (secondary N) is 1. The Morgan fingerprint density at radius 3 is 1.97 bits per heavy atom. The Labute approximate surface area is 203 Å². The molecule has 5 rings (SSSR count). The third-order valence-corrected chi connectivity index (χ3v) is 7.45. The first-order valence-corrected chi connectivity index (χ1v) is 12.5. The van der Waals surface area contributed by atoms with Gasteiger partial charge < -0.3 is 4.74 Å². The fourth-order valence-electron chi connectivity index (χ4n) is 4.23. The summed E-state index contributed by atoms with van der Waals surface area (Å²) in [5.41, 5.74) is 2.27. The number of amides is 2. The fourth-order valence-corrected chi connectivity index (χ4v) is 5.29. The second kappa shape index (κ2) is 8.88. The van der Waals surface area contributed by atoms with Gasteiger partial charge in [-0.05, 0) is 65.9 Å². The molecular formula is C27H22N2O5S. The van der Waals surface area contributed by atoms with Crippen LogP contribution in [-0.2, 0) is 16.4 Å². The summed E-state index contributed by atoms with van der Waals surface area (Å²) in [6, 6.07) is 23.9. The highest BCUT2D eigenvalue weighted by Crippen LogP contribution is 2.30. The maximum Gasteiger partial charge on any atom is 0.261 e. The molecule has 35 heavy (non-hydrogen) atoms. The lowest BCUT2D eigenvalue weighted by Gasteiger charge is -2.27. The SMILES string of the molecule is COc1ccc(NS(=O)(=O)c2ccc(CCN3C(=O)c4cccc5cccc(c45)C3=O)cc2)cc1. The Kier molecular flexibility index (Phi) is 5.74. The summed E-state index contributed by atoms with van der Waals surface area (Å²) >= 11 is 0. The van der Waals surface area contributed by atoms with E-state index in [9.17, 15) is 18.0 Å². The average molecular weight is 487 g/mol. The van der Waals surface area contributed by atoms with Crippen molar-refractivity contribution < 1.29 is 22.7 Å². The van der Waals surface area contributed by atoms with Crippen molar-refractivity contribution in [3.63, 3.8) is 0 Å². The molecule has 7 nitrogen and oxygen atoms in total. The molecule has 0 aromatic heterocycles. The fraction of sp³-hybridized carbons (Fsp3) is 0.111. The number of sulfonamides is 1. The van der Waals surface area contributed by atoms with Crippen LogP contribution in [0.2, 0.25) is 0 Å². The lowest BCUT2D eigenvalue weighted by Crippen LogP contribution is -2.41. The van der Waals surface area contributed by atoms with Gasteiger partial charge in [0, 0.05) is 28.7 Å². The standard InChI is InChI=1S/C27H22N2O5S/c1-34-21-12-10-20(11-13-21)28-35(32,33)22-14-8-18(9-15-22)16-17-29-26(30)23-6-2-4-19-5-3-7-24(25(19)23)27(29)31/h2-15,28H,16-17H2,1H3. The Balaban J connectivity index is 1.29. The molecule has 1 aliphatic heterocycles. The van der Waals surface area contributed by atoms with E-state index in [-0.39, 0.29) is 23.3 Å². The molecular weight excluding hydrogens is 464 g/mol. The number of carbonyl (C=O) groups is 2. The third kappa shape index (κ3) is 4.24. The van der Waals surface area contributed by atoms with Gasteiger partial charge in [0.05, 0.1) is 12.0 Å². The van der Waals surface area contributed by atoms with Crippen molar-refractivity contribution in [1.82, 2.24) is 4.90 Å². The quantitative estimate of drug-likeness (QED) is 0.389. The molecule has 0 fully saturated rings. The molecule has 1 aliphatic rings. The number of carbonyl (C=O) groups excluding carboxylic acids is 2. The van der Waals surface area contributed by atoms with Crippen molar-refractivity contribution in [1.29, 1.82) is 0 Å². The molecule has 2 amide bonds. The number of rotatable bonds is 7. The maximum absolute atomic E-state index is 13.0. The minimum Gasteiger partial charge on any atom is -0.497 e. The summed E-state index contributed by atoms with van der Waals surface area (Å²) in [5, 5.41) is 1.56. The summed E-state index contributed by atoms with van der Waals surface area (Å²) in [5.74, 6) is -0.00693. The molecule has 0 atom stereocenters. The van der Waals surface area contributed by atoms with Crippen molar-refractivity contribution in [2.75, 3.05) is 18.4 Å². The molecule has 4 aromatic rings. The lowest BCUT2D eigenvalue weighted by atomic mass is 9.94. The van der Waals surface area contributed by atoms with E-state index >= 15 is 0 Å². The molecule has 0 spiro atoms. The third-order valence-electron chi connectivity index (χ3n) is 6.06. The lowest BCUT2D eigenvalue weighted by molar-refractivity contribution is 0.0612. The first-order valence-electron chi connectivity index (χ1n) is 11.0. The number of hydrogen-bond donors (Lipinski definition) is 1. The minimum atomic E-state index is -3.77. The van der Waals surface area contributed by atoms with Gasteiger partial charge in [-0.25, -0.2) is 8.42 Å². The van der Waals surface area contributed by atoms with Gasteiger partial charge in [0.15, 0.2) is 0 Å². The summed E-state index contributed by atoms with van der Waals surface area (Å²) in [7, 11) is -2.23. The van der Waals surface area contributed by atoms with E-state index in [4.69, 9.17) is 4.74 Å². The van der Waals surface area contributed by atoms with E-state index < -0.39 is 10.0 Å². The van der Waals surface area contributed by atoms with Crippen molar-refractivity contribution in [3.05, 3.63) is 102 Å². The predicted octanol–water partition coefficient (Wildman–Crippen LogP) is 4.49. The number of ether oxygens (including phenoxy) is 1. The van der Waals surface area contributed by atoms with E-state index in [1.54, 1.807) is 48.5 Å². The first kappa shape index (κ1) is 22.6. The molecule has 4 aromatic carbocycles. The van der Waals surface area contributed by atoms with Crippen molar-refractivity contribution in [2.24, 2.45) is 0 Å². The zero-order valence-electron chi connectivity index (χ0n) is 18.9. The summed E-state index contributed by atoms with van der Waals surface area (Å²) in [4.78, 5) is 27.5. The Bertz CT molecular complexity index is 1490. The normalized spacial score (nSPS) is 13.2. The van der Waals surface area contributed by atoms with Crippen LogP contribution in [-0.4, -0.2) is 38.8 Å². The summed E-state index contributed by atoms with van der Waals surface area (Å²) in [6.07, 6.45) is 0.405. The van der Waals surface area contributed by atoms with Gasteiger partial charge in [-0.3, -0.25) is 19.2 Å². The number of benzene rings is 4. The van der Waals surface area contributed by atoms with E-state index in [0.29, 0.717) is 34.4 Å². The topological polar surface area (TPSA) is 92.8 Å². The van der Waals surface area contributed by atoms with Gasteiger partial charge in [0.1, 0.15) is 5.75 Å². The van der Waals surface area contributed by atoms with Gasteiger partial charge in [0.25, 0.3) is 21.8 Å². The van der Waals surface area contributed by atoms with Crippen LogP contribution < -0.4 is 9.46 Å². The maximum atomic E-state index is 13.0. The highest BCUT2D eigenvalue weighted by molar-refractivity contribution is 7.92. The second-order valence-electron chi connectivity index (χ2n) is 8.20. The number of imide groups is 1. The average Bonchev–Trinajstić information content (AvgIpc) is 2.87. The first-order chi connectivity index (χ1) is 16.9. The highest BCUT2D eigenvalue weighted by atomic mass is 32.2. The van der Waals surface area contributed by atoms with Crippen LogP contribution in [0.1, 0.15) is 26.3 Å². The van der Waals surface area contributed by atoms with E-state index in [1.165, 1.54) is 24.1 Å². The van der Waals surface area contributed by atoms with E-state index in [2.05, 4.69) is 4.72 Å². The Morgan fingerprint density at radius 2 is 1.40 bits per heavy atom. The van der Waals surface area contributed by atoms with Crippen molar-refractivity contribution in [2.45, 2.75) is 11.3 Å². The molecule has 1 N–H and O–H groups in total. The van der Waals surface area contributed by atoms with E-state index in [1.807, 2.05) is 24.3 Å². The van der Waals surface area contributed by atoms with Crippen LogP contribution >= 0.6 is 0 Å². The van der Waals surface area contributed by atoms with Crippen molar-refractivity contribution >= 4 is 38.3 Å². The molecule has 8 heteroatoms. The molecule has 0 aliphatic carbocycles. The van der Waals surface area contributed by atoms with Gasteiger partial charge in [0.2, 0.25) is 0 Å². The summed E-state index contributed by atoms with van der Waals surface area (Å²) in [6.45, 7) is 0.193. The van der Waals surface area contributed by atoms with Gasteiger partial charge in [-0.15, -0.1) is 0 Å². The van der Waals surface area contributed by atoms with Crippen LogP contribution in [0, 0.1) is 0 Å². The zero-order valence-corrected chi connectivity index (χ0v) is 19.7. The van der Waals surface area contributed by atoms with Crippen LogP contribution in [0.25, 0.3) is 10.8 Å². The van der Waals surface area contributed by atoms with Crippen LogP contribution in [0.4, 0.5) is 5.69 Å². The molecule has 176 valence electrons. The number of methoxy groups -OCH3 is 1. The minimum absolute atomic E-state index is 0.114. The van der Waals surface area contributed by atoms with Crippen LogP contribution in [0.15, 0.2) is 89.8 Å². The summed E-state index contributed by atoms with van der Waals surface area (Å²) < 4.78 is 33.1. The number of nitrogens with zero attached hydrogens (tertiary/aromatic N) is 1. The van der Waals surface area contributed by atoms with Gasteiger partial charge in [-0.2, -0.15) is 0 Å². The Morgan fingerprint density at radius 1 is 0.800 bits per heavy atom. The van der Waals surface area contributed by atoms with Crippen LogP contribution in [0.3, 0.4) is 0 Å². The predicted molar refractivity (Wildman–Crippen MR) is 133 cm³/mol. The molecule has 1 heterocycles. The van der Waals surface area contributed by atoms with Gasteiger partial charge >= 0.3 is 0 Å². The number of hydrogen-bond acceptors (Lipinski definition) is 5. The molecule has 0 unspecified atom stereocenters. The van der Waals surface area contributed by atoms with E-state index in [0.717, 1.165) is 10.9 Å². The molecule has 0 bridgehead atoms.